The van der Waals surface area contributed by atoms with Gasteiger partial charge in [0, 0.05) is 55.7 Å². The predicted octanol–water partition coefficient (Wildman–Crippen LogP) is 3.22. The van der Waals surface area contributed by atoms with Crippen molar-refractivity contribution in [3.05, 3.63) is 59.7 Å². The van der Waals surface area contributed by atoms with Crippen LogP contribution in [0, 0.1) is 0 Å². The molecular weight excluding hydrogens is 310 g/mol. The third kappa shape index (κ3) is 3.91. The summed E-state index contributed by atoms with van der Waals surface area (Å²) in [7, 11) is 4.03. The number of para-hydroxylation sites is 2. The molecule has 4 heteroatoms. The van der Waals surface area contributed by atoms with Gasteiger partial charge in [0.2, 0.25) is 0 Å². The Labute approximate surface area is 149 Å². The van der Waals surface area contributed by atoms with Crippen molar-refractivity contribution in [3.8, 4) is 0 Å². The van der Waals surface area contributed by atoms with Gasteiger partial charge in [-0.25, -0.2) is 0 Å². The maximum absolute atomic E-state index is 11.8. The number of likely N-dealkylation sites (N-methyl/N-ethyl adjacent to an activating group) is 1. The molecule has 0 bridgehead atoms. The number of anilines is 2. The van der Waals surface area contributed by atoms with E-state index in [9.17, 15) is 4.79 Å². The number of benzene rings is 2. The van der Waals surface area contributed by atoms with E-state index >= 15 is 0 Å². The van der Waals surface area contributed by atoms with E-state index in [1.54, 1.807) is 0 Å². The van der Waals surface area contributed by atoms with Crippen LogP contribution in [0.15, 0.2) is 48.5 Å². The molecule has 1 aliphatic heterocycles. The van der Waals surface area contributed by atoms with Gasteiger partial charge in [0.05, 0.1) is 0 Å². The van der Waals surface area contributed by atoms with Crippen LogP contribution >= 0.6 is 0 Å². The van der Waals surface area contributed by atoms with Crippen molar-refractivity contribution in [2.24, 2.45) is 0 Å². The van der Waals surface area contributed by atoms with E-state index in [1.165, 1.54) is 5.69 Å². The van der Waals surface area contributed by atoms with Gasteiger partial charge in [0.1, 0.15) is 0 Å². The molecule has 0 saturated carbocycles. The van der Waals surface area contributed by atoms with Crippen LogP contribution in [-0.4, -0.2) is 51.5 Å². The Kier molecular flexibility index (Phi) is 5.51. The molecule has 25 heavy (non-hydrogen) atoms. The fourth-order valence-electron chi connectivity index (χ4n) is 3.24. The molecule has 1 fully saturated rings. The van der Waals surface area contributed by atoms with Gasteiger partial charge in [-0.15, -0.1) is 0 Å². The molecule has 0 amide bonds. The number of nitrogens with zero attached hydrogens (tertiary/aromatic N) is 2. The highest BCUT2D eigenvalue weighted by Gasteiger charge is 2.16. The Hall–Kier alpha value is -2.59. The molecule has 0 aliphatic carbocycles. The lowest BCUT2D eigenvalue weighted by Gasteiger charge is -2.35. The summed E-state index contributed by atoms with van der Waals surface area (Å²) in [6.07, 6.45) is 2.94. The highest BCUT2D eigenvalue weighted by atomic mass is 16.1. The smallest absolute Gasteiger partial charge is 0.150 e. The topological polar surface area (TPSA) is 35.6 Å². The van der Waals surface area contributed by atoms with Crippen LogP contribution < -0.4 is 10.2 Å². The molecule has 0 unspecified atom stereocenters. The number of allylic oxidation sites excluding steroid dienone is 1. The molecule has 1 aliphatic rings. The zero-order valence-electron chi connectivity index (χ0n) is 14.9. The van der Waals surface area contributed by atoms with Crippen molar-refractivity contribution in [3.63, 3.8) is 0 Å². The summed E-state index contributed by atoms with van der Waals surface area (Å²) in [6.45, 7) is 4.12. The summed E-state index contributed by atoms with van der Waals surface area (Å²) in [5.74, 6) is 0. The molecular formula is C21H25N3O. The minimum absolute atomic E-state index is 0.687. The van der Waals surface area contributed by atoms with E-state index < -0.39 is 0 Å². The first kappa shape index (κ1) is 17.2. The van der Waals surface area contributed by atoms with Gasteiger partial charge in [-0.2, -0.15) is 0 Å². The quantitative estimate of drug-likeness (QED) is 0.517. The molecule has 1 saturated heterocycles. The Balaban J connectivity index is 1.98. The minimum atomic E-state index is 0.687. The van der Waals surface area contributed by atoms with Crippen LogP contribution in [0.4, 0.5) is 11.4 Å². The van der Waals surface area contributed by atoms with Crippen molar-refractivity contribution >= 4 is 29.3 Å². The lowest BCUT2D eigenvalue weighted by molar-refractivity contribution is -0.103. The van der Waals surface area contributed by atoms with Gasteiger partial charge in [0.15, 0.2) is 6.29 Å². The molecule has 0 radical (unpaired) electrons. The van der Waals surface area contributed by atoms with E-state index in [-0.39, 0.29) is 0 Å². The molecule has 2 aromatic carbocycles. The van der Waals surface area contributed by atoms with E-state index in [0.29, 0.717) is 5.57 Å². The van der Waals surface area contributed by atoms with Gasteiger partial charge in [-0.3, -0.25) is 4.79 Å². The standard InChI is InChI=1S/C21H25N3O/c1-22-20-9-5-4-8-19(20)18(16-25)15-17-7-3-6-10-21(17)24-13-11-23(2)12-14-24/h3-10,15-16,22H,11-14H2,1-2H3/b18-15+. The van der Waals surface area contributed by atoms with Crippen LogP contribution in [0.5, 0.6) is 0 Å². The summed E-state index contributed by atoms with van der Waals surface area (Å²) >= 11 is 0. The van der Waals surface area contributed by atoms with Crippen molar-refractivity contribution in [2.75, 3.05) is 50.5 Å². The van der Waals surface area contributed by atoms with Crippen molar-refractivity contribution in [1.29, 1.82) is 0 Å². The molecule has 4 nitrogen and oxygen atoms in total. The lowest BCUT2D eigenvalue weighted by Crippen LogP contribution is -2.44. The lowest BCUT2D eigenvalue weighted by atomic mass is 10.0. The molecule has 1 N–H and O–H groups in total. The zero-order chi connectivity index (χ0) is 17.6. The zero-order valence-corrected chi connectivity index (χ0v) is 14.9. The maximum atomic E-state index is 11.8. The van der Waals surface area contributed by atoms with Gasteiger partial charge >= 0.3 is 0 Å². The van der Waals surface area contributed by atoms with Crippen LogP contribution in [-0.2, 0) is 4.79 Å². The van der Waals surface area contributed by atoms with Crippen molar-refractivity contribution in [1.82, 2.24) is 4.90 Å². The SMILES string of the molecule is CNc1ccccc1/C(C=O)=C/c1ccccc1N1CCN(C)CC1. The Bertz CT molecular complexity index is 761. The van der Waals surface area contributed by atoms with E-state index in [4.69, 9.17) is 0 Å². The number of rotatable bonds is 5. The molecule has 3 rings (SSSR count). The number of carbonyl (C=O) groups is 1. The number of carbonyl (C=O) groups excluding carboxylic acids is 1. The summed E-state index contributed by atoms with van der Waals surface area (Å²) in [4.78, 5) is 16.5. The normalized spacial score (nSPS) is 15.9. The number of hydrogen-bond donors (Lipinski definition) is 1. The number of nitrogens with one attached hydrogen (secondary N) is 1. The molecule has 130 valence electrons. The molecule has 1 heterocycles. The summed E-state index contributed by atoms with van der Waals surface area (Å²) in [6, 6.07) is 16.2. The average molecular weight is 335 g/mol. The Morgan fingerprint density at radius 1 is 1.00 bits per heavy atom. The second-order valence-corrected chi connectivity index (χ2v) is 6.36. The van der Waals surface area contributed by atoms with Crippen molar-refractivity contribution < 1.29 is 4.79 Å². The minimum Gasteiger partial charge on any atom is -0.388 e. The van der Waals surface area contributed by atoms with Gasteiger partial charge < -0.3 is 15.1 Å². The monoisotopic (exact) mass is 335 g/mol. The van der Waals surface area contributed by atoms with E-state index in [0.717, 1.165) is 49.3 Å². The largest absolute Gasteiger partial charge is 0.388 e. The highest BCUT2D eigenvalue weighted by Crippen LogP contribution is 2.28. The highest BCUT2D eigenvalue weighted by molar-refractivity contribution is 6.15. The maximum Gasteiger partial charge on any atom is 0.150 e. The fourth-order valence-corrected chi connectivity index (χ4v) is 3.24. The number of aldehydes is 1. The molecule has 0 aromatic heterocycles. The van der Waals surface area contributed by atoms with Gasteiger partial charge in [-0.05, 0) is 30.8 Å². The third-order valence-electron chi connectivity index (χ3n) is 4.73. The second-order valence-electron chi connectivity index (χ2n) is 6.36. The second kappa shape index (κ2) is 7.99. The van der Waals surface area contributed by atoms with E-state index in [1.807, 2.05) is 43.5 Å². The molecule has 2 aromatic rings. The van der Waals surface area contributed by atoms with Crippen LogP contribution in [0.25, 0.3) is 11.6 Å². The fraction of sp³-hybridized carbons (Fsp3) is 0.286. The first-order valence-electron chi connectivity index (χ1n) is 8.69. The predicted molar refractivity (Wildman–Crippen MR) is 106 cm³/mol. The van der Waals surface area contributed by atoms with Crippen molar-refractivity contribution in [2.45, 2.75) is 0 Å². The van der Waals surface area contributed by atoms with Crippen LogP contribution in [0.3, 0.4) is 0 Å². The average Bonchev–Trinajstić information content (AvgIpc) is 2.67. The molecule has 0 atom stereocenters. The summed E-state index contributed by atoms with van der Waals surface area (Å²) in [5, 5.41) is 3.16. The van der Waals surface area contributed by atoms with E-state index in [2.05, 4.69) is 40.4 Å². The van der Waals surface area contributed by atoms with Crippen LogP contribution in [0.1, 0.15) is 11.1 Å². The first-order valence-corrected chi connectivity index (χ1v) is 8.69. The Morgan fingerprint density at radius 2 is 1.68 bits per heavy atom. The Morgan fingerprint density at radius 3 is 2.40 bits per heavy atom. The summed E-state index contributed by atoms with van der Waals surface area (Å²) < 4.78 is 0. The van der Waals surface area contributed by atoms with Crippen LogP contribution in [0.2, 0.25) is 0 Å². The number of hydrogen-bond acceptors (Lipinski definition) is 4. The van der Waals surface area contributed by atoms with Gasteiger partial charge in [-0.1, -0.05) is 36.4 Å². The first-order chi connectivity index (χ1) is 12.2. The third-order valence-corrected chi connectivity index (χ3v) is 4.73. The van der Waals surface area contributed by atoms with Gasteiger partial charge in [0.25, 0.3) is 0 Å². The summed E-state index contributed by atoms with van der Waals surface area (Å²) in [5.41, 5.74) is 4.84. The molecule has 0 spiro atoms. The number of piperazine rings is 1.